The Morgan fingerprint density at radius 2 is 1.71 bits per heavy atom. The number of sulfonamides is 1. The Balaban J connectivity index is 1.84. The van der Waals surface area contributed by atoms with Gasteiger partial charge < -0.3 is 10.1 Å². The zero-order valence-electron chi connectivity index (χ0n) is 17.3. The molecule has 3 aromatic rings. The van der Waals surface area contributed by atoms with E-state index in [-0.39, 0.29) is 21.5 Å². The van der Waals surface area contributed by atoms with Gasteiger partial charge in [0.05, 0.1) is 18.2 Å². The summed E-state index contributed by atoms with van der Waals surface area (Å²) < 4.78 is 33.6. The van der Waals surface area contributed by atoms with E-state index in [1.54, 1.807) is 31.4 Å². The van der Waals surface area contributed by atoms with E-state index in [0.29, 0.717) is 11.4 Å². The molecule has 0 aliphatic heterocycles. The summed E-state index contributed by atoms with van der Waals surface area (Å²) >= 11 is 6.15. The van der Waals surface area contributed by atoms with Crippen LogP contribution in [-0.2, 0) is 10.0 Å². The predicted octanol–water partition coefficient (Wildman–Crippen LogP) is 4.95. The first-order valence-electron chi connectivity index (χ1n) is 9.54. The number of para-hydroxylation sites is 1. The van der Waals surface area contributed by atoms with Crippen molar-refractivity contribution >= 4 is 33.2 Å². The number of hydrogen-bond acceptors (Lipinski definition) is 4. The highest BCUT2D eigenvalue weighted by atomic mass is 35.5. The molecule has 31 heavy (non-hydrogen) atoms. The van der Waals surface area contributed by atoms with Gasteiger partial charge in [-0.05, 0) is 50.2 Å². The lowest BCUT2D eigenvalue weighted by atomic mass is 10.1. The predicted molar refractivity (Wildman–Crippen MR) is 122 cm³/mol. The quantitative estimate of drug-likeness (QED) is 0.524. The number of halogens is 1. The highest BCUT2D eigenvalue weighted by Crippen LogP contribution is 2.27. The van der Waals surface area contributed by atoms with Crippen LogP contribution in [0.2, 0.25) is 5.02 Å². The average Bonchev–Trinajstić information content (AvgIpc) is 2.75. The summed E-state index contributed by atoms with van der Waals surface area (Å²) in [5.74, 6) is 0.221. The highest BCUT2D eigenvalue weighted by Gasteiger charge is 2.22. The van der Waals surface area contributed by atoms with Gasteiger partial charge in [0, 0.05) is 16.8 Å². The SMILES string of the molecule is COc1ccccc1C(C)NC(=O)c1ccc(Cl)c(S(=O)(=O)Nc2ccc(C)cc2)c1. The third-order valence-corrected chi connectivity index (χ3v) is 6.60. The number of rotatable bonds is 7. The number of ether oxygens (including phenoxy) is 1. The van der Waals surface area contributed by atoms with E-state index in [1.807, 2.05) is 38.1 Å². The van der Waals surface area contributed by atoms with Gasteiger partial charge in [-0.2, -0.15) is 0 Å². The Hall–Kier alpha value is -3.03. The van der Waals surface area contributed by atoms with Gasteiger partial charge in [0.2, 0.25) is 0 Å². The maximum Gasteiger partial charge on any atom is 0.263 e. The van der Waals surface area contributed by atoms with Crippen LogP contribution in [0.5, 0.6) is 5.75 Å². The molecular formula is C23H23ClN2O4S. The number of amides is 1. The summed E-state index contributed by atoms with van der Waals surface area (Å²) in [5, 5.41) is 2.89. The Kier molecular flexibility index (Phi) is 6.87. The molecule has 0 fully saturated rings. The maximum absolute atomic E-state index is 12.9. The van der Waals surface area contributed by atoms with Crippen molar-refractivity contribution in [2.24, 2.45) is 0 Å². The van der Waals surface area contributed by atoms with E-state index in [4.69, 9.17) is 16.3 Å². The summed E-state index contributed by atoms with van der Waals surface area (Å²) in [7, 11) is -2.43. The molecule has 0 spiro atoms. The fourth-order valence-electron chi connectivity index (χ4n) is 3.06. The molecule has 0 radical (unpaired) electrons. The summed E-state index contributed by atoms with van der Waals surface area (Å²) in [6.45, 7) is 3.73. The van der Waals surface area contributed by atoms with Crippen molar-refractivity contribution in [3.05, 3.63) is 88.4 Å². The molecule has 0 heterocycles. The minimum atomic E-state index is -3.99. The Bertz CT molecular complexity index is 1190. The van der Waals surface area contributed by atoms with E-state index in [2.05, 4.69) is 10.0 Å². The van der Waals surface area contributed by atoms with Crippen LogP contribution in [0, 0.1) is 6.92 Å². The summed E-state index contributed by atoms with van der Waals surface area (Å²) in [6.07, 6.45) is 0. The monoisotopic (exact) mass is 458 g/mol. The molecule has 0 aliphatic carbocycles. The highest BCUT2D eigenvalue weighted by molar-refractivity contribution is 7.92. The minimum absolute atomic E-state index is 0.0222. The lowest BCUT2D eigenvalue weighted by molar-refractivity contribution is 0.0939. The van der Waals surface area contributed by atoms with Crippen LogP contribution >= 0.6 is 11.6 Å². The van der Waals surface area contributed by atoms with E-state index in [0.717, 1.165) is 11.1 Å². The smallest absolute Gasteiger partial charge is 0.263 e. The van der Waals surface area contributed by atoms with Crippen LogP contribution in [0.4, 0.5) is 5.69 Å². The normalized spacial score (nSPS) is 12.1. The summed E-state index contributed by atoms with van der Waals surface area (Å²) in [6, 6.07) is 18.1. The van der Waals surface area contributed by atoms with E-state index in [9.17, 15) is 13.2 Å². The van der Waals surface area contributed by atoms with Gasteiger partial charge in [0.25, 0.3) is 15.9 Å². The number of carbonyl (C=O) groups is 1. The van der Waals surface area contributed by atoms with Crippen molar-refractivity contribution in [2.45, 2.75) is 24.8 Å². The number of carbonyl (C=O) groups excluding carboxylic acids is 1. The zero-order chi connectivity index (χ0) is 22.6. The Morgan fingerprint density at radius 3 is 2.39 bits per heavy atom. The summed E-state index contributed by atoms with van der Waals surface area (Å²) in [4.78, 5) is 12.6. The fraction of sp³-hybridized carbons (Fsp3) is 0.174. The van der Waals surface area contributed by atoms with Gasteiger partial charge in [0.15, 0.2) is 0 Å². The van der Waals surface area contributed by atoms with Gasteiger partial charge in [-0.1, -0.05) is 47.5 Å². The molecule has 0 saturated carbocycles. The minimum Gasteiger partial charge on any atom is -0.496 e. The molecule has 0 aliphatic rings. The average molecular weight is 459 g/mol. The lowest BCUT2D eigenvalue weighted by Crippen LogP contribution is -2.27. The second-order valence-electron chi connectivity index (χ2n) is 7.05. The Morgan fingerprint density at radius 1 is 1.03 bits per heavy atom. The lowest BCUT2D eigenvalue weighted by Gasteiger charge is -2.18. The van der Waals surface area contributed by atoms with E-state index in [1.165, 1.54) is 18.2 Å². The number of benzene rings is 3. The van der Waals surface area contributed by atoms with Crippen LogP contribution in [0.3, 0.4) is 0 Å². The number of anilines is 1. The molecule has 0 bridgehead atoms. The van der Waals surface area contributed by atoms with Crippen LogP contribution < -0.4 is 14.8 Å². The molecule has 0 aromatic heterocycles. The molecule has 2 N–H and O–H groups in total. The fourth-order valence-corrected chi connectivity index (χ4v) is 4.65. The first-order chi connectivity index (χ1) is 14.7. The second-order valence-corrected chi connectivity index (χ2v) is 9.11. The molecule has 1 amide bonds. The molecular weight excluding hydrogens is 436 g/mol. The third-order valence-electron chi connectivity index (χ3n) is 4.74. The van der Waals surface area contributed by atoms with Crippen molar-refractivity contribution in [3.8, 4) is 5.75 Å². The molecule has 3 rings (SSSR count). The van der Waals surface area contributed by atoms with Gasteiger partial charge in [-0.3, -0.25) is 9.52 Å². The molecule has 1 unspecified atom stereocenters. The van der Waals surface area contributed by atoms with Gasteiger partial charge >= 0.3 is 0 Å². The zero-order valence-corrected chi connectivity index (χ0v) is 18.9. The number of aryl methyl sites for hydroxylation is 1. The maximum atomic E-state index is 12.9. The standard InChI is InChI=1S/C23H23ClN2O4S/c1-15-8-11-18(12-9-15)26-31(28,29)22-14-17(10-13-20(22)24)23(27)25-16(2)19-6-4-5-7-21(19)30-3/h4-14,16,26H,1-3H3,(H,25,27). The summed E-state index contributed by atoms with van der Waals surface area (Å²) in [5.41, 5.74) is 2.39. The molecule has 8 heteroatoms. The van der Waals surface area contributed by atoms with Crippen molar-refractivity contribution in [3.63, 3.8) is 0 Å². The van der Waals surface area contributed by atoms with Crippen molar-refractivity contribution in [2.75, 3.05) is 11.8 Å². The van der Waals surface area contributed by atoms with Crippen LogP contribution in [-0.4, -0.2) is 21.4 Å². The van der Waals surface area contributed by atoms with Crippen LogP contribution in [0.15, 0.2) is 71.6 Å². The number of hydrogen-bond donors (Lipinski definition) is 2. The largest absolute Gasteiger partial charge is 0.496 e. The molecule has 3 aromatic carbocycles. The van der Waals surface area contributed by atoms with E-state index >= 15 is 0 Å². The first-order valence-corrected chi connectivity index (χ1v) is 11.4. The van der Waals surface area contributed by atoms with E-state index < -0.39 is 15.9 Å². The molecule has 1 atom stereocenters. The van der Waals surface area contributed by atoms with Crippen molar-refractivity contribution in [1.29, 1.82) is 0 Å². The topological polar surface area (TPSA) is 84.5 Å². The van der Waals surface area contributed by atoms with Gasteiger partial charge in [0.1, 0.15) is 10.6 Å². The third kappa shape index (κ3) is 5.37. The number of nitrogens with one attached hydrogen (secondary N) is 2. The number of methoxy groups -OCH3 is 1. The molecule has 0 saturated heterocycles. The van der Waals surface area contributed by atoms with Crippen LogP contribution in [0.25, 0.3) is 0 Å². The second kappa shape index (κ2) is 9.41. The van der Waals surface area contributed by atoms with Crippen molar-refractivity contribution < 1.29 is 17.9 Å². The van der Waals surface area contributed by atoms with Gasteiger partial charge in [-0.25, -0.2) is 8.42 Å². The Labute approximate surface area is 187 Å². The molecule has 162 valence electrons. The molecule has 6 nitrogen and oxygen atoms in total. The van der Waals surface area contributed by atoms with Gasteiger partial charge in [-0.15, -0.1) is 0 Å². The van der Waals surface area contributed by atoms with Crippen LogP contribution in [0.1, 0.15) is 34.5 Å². The van der Waals surface area contributed by atoms with Crippen molar-refractivity contribution in [1.82, 2.24) is 5.32 Å². The first kappa shape index (κ1) is 22.7.